The lowest BCUT2D eigenvalue weighted by Gasteiger charge is -2.15. The Hall–Kier alpha value is -3.81. The largest absolute Gasteiger partial charge is 0.478 e. The normalized spacial score (nSPS) is 15.9. The SMILES string of the molecule is CC(=O)c1cccc(NC(=O)C2C(=O)N(c3cccc(C(=O)O)c3)N=C2C)c1. The molecular formula is C20H17N3O5. The molecule has 8 heteroatoms. The first-order valence-corrected chi connectivity index (χ1v) is 8.42. The number of rotatable bonds is 5. The van der Waals surface area contributed by atoms with Crippen LogP contribution in [0.4, 0.5) is 11.4 Å². The van der Waals surface area contributed by atoms with Crippen molar-refractivity contribution in [1.29, 1.82) is 0 Å². The summed E-state index contributed by atoms with van der Waals surface area (Å²) in [5.74, 6) is -3.58. The van der Waals surface area contributed by atoms with E-state index in [9.17, 15) is 19.2 Å². The number of aromatic carboxylic acids is 1. The Kier molecular flexibility index (Phi) is 5.04. The second-order valence-corrected chi connectivity index (χ2v) is 6.31. The molecule has 0 saturated carbocycles. The lowest BCUT2D eigenvalue weighted by atomic mass is 10.0. The van der Waals surface area contributed by atoms with E-state index in [0.29, 0.717) is 11.3 Å². The fraction of sp³-hybridized carbons (Fsp3) is 0.150. The summed E-state index contributed by atoms with van der Waals surface area (Å²) in [5.41, 5.74) is 1.38. The molecule has 2 N–H and O–H groups in total. The van der Waals surface area contributed by atoms with Gasteiger partial charge in [0.1, 0.15) is 0 Å². The van der Waals surface area contributed by atoms with Gasteiger partial charge in [-0.05, 0) is 44.2 Å². The van der Waals surface area contributed by atoms with E-state index in [1.807, 2.05) is 0 Å². The predicted molar refractivity (Wildman–Crippen MR) is 103 cm³/mol. The van der Waals surface area contributed by atoms with E-state index in [2.05, 4.69) is 10.4 Å². The Balaban J connectivity index is 1.82. The van der Waals surface area contributed by atoms with Crippen LogP contribution in [-0.4, -0.2) is 34.4 Å². The van der Waals surface area contributed by atoms with Gasteiger partial charge in [-0.25, -0.2) is 4.79 Å². The summed E-state index contributed by atoms with van der Waals surface area (Å²) in [6.07, 6.45) is 0. The van der Waals surface area contributed by atoms with Crippen molar-refractivity contribution in [2.75, 3.05) is 10.3 Å². The molecule has 1 aliphatic rings. The molecule has 8 nitrogen and oxygen atoms in total. The fourth-order valence-electron chi connectivity index (χ4n) is 2.85. The minimum Gasteiger partial charge on any atom is -0.478 e. The van der Waals surface area contributed by atoms with Gasteiger partial charge in [0, 0.05) is 11.3 Å². The van der Waals surface area contributed by atoms with Crippen LogP contribution in [0.3, 0.4) is 0 Å². The van der Waals surface area contributed by atoms with Crippen LogP contribution in [0, 0.1) is 5.92 Å². The summed E-state index contributed by atoms with van der Waals surface area (Å²) < 4.78 is 0. The summed E-state index contributed by atoms with van der Waals surface area (Å²) in [6.45, 7) is 2.97. The van der Waals surface area contributed by atoms with Crippen molar-refractivity contribution in [3.8, 4) is 0 Å². The monoisotopic (exact) mass is 379 g/mol. The van der Waals surface area contributed by atoms with Gasteiger partial charge in [0.25, 0.3) is 5.91 Å². The Morgan fingerprint density at radius 3 is 2.43 bits per heavy atom. The van der Waals surface area contributed by atoms with Gasteiger partial charge in [-0.2, -0.15) is 10.1 Å². The second kappa shape index (κ2) is 7.43. The van der Waals surface area contributed by atoms with Crippen LogP contribution in [-0.2, 0) is 9.59 Å². The van der Waals surface area contributed by atoms with Crippen molar-refractivity contribution < 1.29 is 24.3 Å². The highest BCUT2D eigenvalue weighted by Crippen LogP contribution is 2.26. The number of anilines is 2. The van der Waals surface area contributed by atoms with Gasteiger partial charge in [0.05, 0.1) is 17.0 Å². The van der Waals surface area contributed by atoms with E-state index >= 15 is 0 Å². The van der Waals surface area contributed by atoms with E-state index < -0.39 is 23.7 Å². The Bertz CT molecular complexity index is 1030. The Labute approximate surface area is 160 Å². The highest BCUT2D eigenvalue weighted by Gasteiger charge is 2.40. The smallest absolute Gasteiger partial charge is 0.335 e. The molecule has 2 aromatic rings. The zero-order valence-electron chi connectivity index (χ0n) is 15.2. The standard InChI is InChI=1S/C20H17N3O5/c1-11-17(18(25)21-15-7-3-5-13(9-15)12(2)24)19(26)23(22-11)16-8-4-6-14(10-16)20(27)28/h3-10,17H,1-2H3,(H,21,25)(H,27,28). The van der Waals surface area contributed by atoms with Crippen LogP contribution in [0.5, 0.6) is 0 Å². The third-order valence-electron chi connectivity index (χ3n) is 4.27. The quantitative estimate of drug-likeness (QED) is 0.612. The molecule has 0 radical (unpaired) electrons. The van der Waals surface area contributed by atoms with Crippen LogP contribution in [0.15, 0.2) is 53.6 Å². The number of benzene rings is 2. The summed E-state index contributed by atoms with van der Waals surface area (Å²) in [7, 11) is 0. The molecule has 0 saturated heterocycles. The number of carboxylic acids is 1. The number of carboxylic acid groups (broad SMARTS) is 1. The van der Waals surface area contributed by atoms with Gasteiger partial charge in [0.2, 0.25) is 5.91 Å². The molecule has 0 bridgehead atoms. The molecule has 2 aromatic carbocycles. The van der Waals surface area contributed by atoms with E-state index in [-0.39, 0.29) is 22.7 Å². The molecular weight excluding hydrogens is 362 g/mol. The lowest BCUT2D eigenvalue weighted by Crippen LogP contribution is -2.36. The van der Waals surface area contributed by atoms with Crippen molar-refractivity contribution in [2.24, 2.45) is 11.0 Å². The summed E-state index contributed by atoms with van der Waals surface area (Å²) >= 11 is 0. The van der Waals surface area contributed by atoms with Gasteiger partial charge in [-0.1, -0.05) is 18.2 Å². The van der Waals surface area contributed by atoms with Crippen molar-refractivity contribution in [1.82, 2.24) is 0 Å². The minimum atomic E-state index is -1.14. The van der Waals surface area contributed by atoms with Gasteiger partial charge >= 0.3 is 5.97 Å². The average Bonchev–Trinajstić information content (AvgIpc) is 2.96. The first-order chi connectivity index (χ1) is 13.3. The van der Waals surface area contributed by atoms with Gasteiger partial charge in [-0.3, -0.25) is 14.4 Å². The predicted octanol–water partition coefficient (Wildman–Crippen LogP) is 2.56. The molecule has 1 aliphatic heterocycles. The summed E-state index contributed by atoms with van der Waals surface area (Å²) in [6, 6.07) is 12.2. The maximum atomic E-state index is 12.8. The van der Waals surface area contributed by atoms with Crippen LogP contribution < -0.4 is 10.3 Å². The van der Waals surface area contributed by atoms with Gasteiger partial charge < -0.3 is 10.4 Å². The molecule has 142 valence electrons. The minimum absolute atomic E-state index is 0.00658. The molecule has 28 heavy (non-hydrogen) atoms. The zero-order valence-corrected chi connectivity index (χ0v) is 15.2. The van der Waals surface area contributed by atoms with Crippen LogP contribution in [0.25, 0.3) is 0 Å². The molecule has 3 rings (SSSR count). The molecule has 1 heterocycles. The van der Waals surface area contributed by atoms with E-state index in [1.54, 1.807) is 25.1 Å². The summed E-state index contributed by atoms with van der Waals surface area (Å²) in [5, 5.41) is 16.9. The second-order valence-electron chi connectivity index (χ2n) is 6.31. The lowest BCUT2D eigenvalue weighted by molar-refractivity contribution is -0.127. The fourth-order valence-corrected chi connectivity index (χ4v) is 2.85. The highest BCUT2D eigenvalue weighted by molar-refractivity contribution is 6.28. The van der Waals surface area contributed by atoms with Gasteiger partial charge in [-0.15, -0.1) is 0 Å². The number of ketones is 1. The number of nitrogens with one attached hydrogen (secondary N) is 1. The van der Waals surface area contributed by atoms with Crippen LogP contribution in [0.1, 0.15) is 34.6 Å². The Morgan fingerprint density at radius 1 is 1.07 bits per heavy atom. The maximum Gasteiger partial charge on any atom is 0.335 e. The van der Waals surface area contributed by atoms with Gasteiger partial charge in [0.15, 0.2) is 11.7 Å². The van der Waals surface area contributed by atoms with Crippen LogP contribution >= 0.6 is 0 Å². The summed E-state index contributed by atoms with van der Waals surface area (Å²) in [4.78, 5) is 48.0. The zero-order chi connectivity index (χ0) is 20.4. The maximum absolute atomic E-state index is 12.8. The topological polar surface area (TPSA) is 116 Å². The molecule has 1 atom stereocenters. The first-order valence-electron chi connectivity index (χ1n) is 8.42. The number of carbonyl (C=O) groups is 4. The molecule has 0 aliphatic carbocycles. The molecule has 0 spiro atoms. The van der Waals surface area contributed by atoms with Crippen molar-refractivity contribution in [3.05, 3.63) is 59.7 Å². The number of hydrogen-bond acceptors (Lipinski definition) is 5. The highest BCUT2D eigenvalue weighted by atomic mass is 16.4. The molecule has 2 amide bonds. The van der Waals surface area contributed by atoms with Crippen molar-refractivity contribution in [2.45, 2.75) is 13.8 Å². The number of Topliss-reactive ketones (excluding diaryl/α,β-unsaturated/α-hetero) is 1. The van der Waals surface area contributed by atoms with Crippen molar-refractivity contribution in [3.63, 3.8) is 0 Å². The molecule has 0 fully saturated rings. The number of carbonyl (C=O) groups excluding carboxylic acids is 3. The van der Waals surface area contributed by atoms with E-state index in [1.165, 1.54) is 37.3 Å². The third-order valence-corrected chi connectivity index (χ3v) is 4.27. The number of amides is 2. The number of hydrogen-bond donors (Lipinski definition) is 2. The molecule has 1 unspecified atom stereocenters. The van der Waals surface area contributed by atoms with Crippen molar-refractivity contribution >= 4 is 40.7 Å². The van der Waals surface area contributed by atoms with Crippen LogP contribution in [0.2, 0.25) is 0 Å². The average molecular weight is 379 g/mol. The molecule has 0 aromatic heterocycles. The van der Waals surface area contributed by atoms with E-state index in [4.69, 9.17) is 5.11 Å². The number of hydrazone groups is 1. The third kappa shape index (κ3) is 3.66. The Morgan fingerprint density at radius 2 is 1.75 bits per heavy atom. The number of nitrogens with zero attached hydrogens (tertiary/aromatic N) is 2. The first kappa shape index (κ1) is 19.0. The van der Waals surface area contributed by atoms with E-state index in [0.717, 1.165) is 5.01 Å².